The highest BCUT2D eigenvalue weighted by Gasteiger charge is 2.35. The highest BCUT2D eigenvalue weighted by atomic mass is 32.2. The summed E-state index contributed by atoms with van der Waals surface area (Å²) in [4.78, 5) is 22.1. The van der Waals surface area contributed by atoms with Crippen molar-refractivity contribution in [3.63, 3.8) is 0 Å². The highest BCUT2D eigenvalue weighted by molar-refractivity contribution is 7.87. The Morgan fingerprint density at radius 2 is 2.25 bits per heavy atom. The van der Waals surface area contributed by atoms with Gasteiger partial charge in [0.1, 0.15) is 6.04 Å². The zero-order valence-electron chi connectivity index (χ0n) is 8.89. The van der Waals surface area contributed by atoms with Crippen molar-refractivity contribution < 1.29 is 22.7 Å². The largest absolute Gasteiger partial charge is 0.452 e. The highest BCUT2D eigenvalue weighted by Crippen LogP contribution is 2.08. The maximum absolute atomic E-state index is 11.6. The van der Waals surface area contributed by atoms with Crippen LogP contribution in [0.5, 0.6) is 0 Å². The Morgan fingerprint density at radius 1 is 1.62 bits per heavy atom. The molecule has 1 rings (SSSR count). The second-order valence-corrected chi connectivity index (χ2v) is 4.80. The van der Waals surface area contributed by atoms with Crippen molar-refractivity contribution in [2.24, 2.45) is 0 Å². The van der Waals surface area contributed by atoms with E-state index >= 15 is 0 Å². The van der Waals surface area contributed by atoms with Crippen molar-refractivity contribution in [1.29, 1.82) is 0 Å². The van der Waals surface area contributed by atoms with E-state index in [1.165, 1.54) is 6.92 Å². The van der Waals surface area contributed by atoms with Gasteiger partial charge in [-0.25, -0.2) is 9.52 Å². The summed E-state index contributed by atoms with van der Waals surface area (Å²) in [7, 11) is -2.98. The molecule has 1 fully saturated rings. The minimum atomic E-state index is -4.03. The fraction of sp³-hybridized carbons (Fsp3) is 0.714. The number of carbonyl (C=O) groups excluding carboxylic acids is 2. The lowest BCUT2D eigenvalue weighted by molar-refractivity contribution is -0.126. The topological polar surface area (TPSA) is 105 Å². The molecule has 1 heterocycles. The molecule has 1 atom stereocenters. The third-order valence-corrected chi connectivity index (χ3v) is 3.69. The molecule has 0 aromatic carbocycles. The van der Waals surface area contributed by atoms with Crippen LogP contribution in [0.15, 0.2) is 0 Å². The third kappa shape index (κ3) is 2.61. The minimum absolute atomic E-state index is 0.110. The zero-order valence-corrected chi connectivity index (χ0v) is 9.70. The first kappa shape index (κ1) is 12.7. The Kier molecular flexibility index (Phi) is 3.70. The lowest BCUT2D eigenvalue weighted by atomic mass is 10.2. The zero-order chi connectivity index (χ0) is 12.3. The maximum Gasteiger partial charge on any atom is 0.421 e. The van der Waals surface area contributed by atoms with Crippen molar-refractivity contribution in [1.82, 2.24) is 14.3 Å². The van der Waals surface area contributed by atoms with Crippen LogP contribution in [-0.4, -0.2) is 51.0 Å². The SMILES string of the molecule is COC(=O)NS(=O)(=O)N1CCNC(=O)C1C. The molecular weight excluding hydrogens is 238 g/mol. The lowest BCUT2D eigenvalue weighted by Crippen LogP contribution is -2.58. The molecule has 0 radical (unpaired) electrons. The van der Waals surface area contributed by atoms with Crippen LogP contribution in [0.1, 0.15) is 6.92 Å². The lowest BCUT2D eigenvalue weighted by Gasteiger charge is -2.31. The van der Waals surface area contributed by atoms with Crippen LogP contribution in [0.4, 0.5) is 4.79 Å². The Hall–Kier alpha value is -1.35. The minimum Gasteiger partial charge on any atom is -0.452 e. The Bertz CT molecular complexity index is 393. The Morgan fingerprint density at radius 3 is 2.81 bits per heavy atom. The maximum atomic E-state index is 11.6. The van der Waals surface area contributed by atoms with Gasteiger partial charge in [-0.05, 0) is 6.92 Å². The van der Waals surface area contributed by atoms with Crippen LogP contribution < -0.4 is 10.0 Å². The van der Waals surface area contributed by atoms with Gasteiger partial charge in [0, 0.05) is 13.1 Å². The predicted octanol–water partition coefficient (Wildman–Crippen LogP) is -1.59. The second-order valence-electron chi connectivity index (χ2n) is 3.18. The molecule has 1 aliphatic rings. The fourth-order valence-electron chi connectivity index (χ4n) is 1.30. The van der Waals surface area contributed by atoms with Gasteiger partial charge in [0.15, 0.2) is 0 Å². The number of nitrogens with zero attached hydrogens (tertiary/aromatic N) is 1. The number of hydrogen-bond donors (Lipinski definition) is 2. The van der Waals surface area contributed by atoms with Crippen molar-refractivity contribution in [3.05, 3.63) is 0 Å². The molecule has 0 aromatic heterocycles. The molecule has 92 valence electrons. The van der Waals surface area contributed by atoms with Gasteiger partial charge in [-0.2, -0.15) is 12.7 Å². The van der Waals surface area contributed by atoms with Gasteiger partial charge in [0.2, 0.25) is 5.91 Å². The first-order valence-corrected chi connectivity index (χ1v) is 5.97. The monoisotopic (exact) mass is 251 g/mol. The van der Waals surface area contributed by atoms with Crippen LogP contribution in [0.25, 0.3) is 0 Å². The molecule has 1 saturated heterocycles. The van der Waals surface area contributed by atoms with Gasteiger partial charge >= 0.3 is 16.3 Å². The predicted molar refractivity (Wildman–Crippen MR) is 53.6 cm³/mol. The van der Waals surface area contributed by atoms with Crippen LogP contribution >= 0.6 is 0 Å². The smallest absolute Gasteiger partial charge is 0.421 e. The normalized spacial score (nSPS) is 22.4. The summed E-state index contributed by atoms with van der Waals surface area (Å²) < 4.78 is 30.1. The van der Waals surface area contributed by atoms with Crippen LogP contribution in [0.3, 0.4) is 0 Å². The molecule has 2 amide bonds. The summed E-state index contributed by atoms with van der Waals surface area (Å²) in [6, 6.07) is -0.851. The molecule has 16 heavy (non-hydrogen) atoms. The summed E-state index contributed by atoms with van der Waals surface area (Å²) in [6.07, 6.45) is -1.09. The van der Waals surface area contributed by atoms with E-state index in [4.69, 9.17) is 0 Å². The van der Waals surface area contributed by atoms with Gasteiger partial charge in [-0.1, -0.05) is 0 Å². The van der Waals surface area contributed by atoms with E-state index in [1.54, 1.807) is 4.72 Å². The van der Waals surface area contributed by atoms with E-state index in [9.17, 15) is 18.0 Å². The first-order chi connectivity index (χ1) is 7.38. The molecule has 0 bridgehead atoms. The van der Waals surface area contributed by atoms with E-state index in [-0.39, 0.29) is 13.1 Å². The second kappa shape index (κ2) is 4.66. The van der Waals surface area contributed by atoms with E-state index < -0.39 is 28.3 Å². The average Bonchev–Trinajstić information content (AvgIpc) is 2.21. The summed E-state index contributed by atoms with van der Waals surface area (Å²) in [5.41, 5.74) is 0. The van der Waals surface area contributed by atoms with E-state index in [1.807, 2.05) is 0 Å². The molecule has 0 saturated carbocycles. The first-order valence-electron chi connectivity index (χ1n) is 4.53. The van der Waals surface area contributed by atoms with Gasteiger partial charge in [0.05, 0.1) is 7.11 Å². The van der Waals surface area contributed by atoms with E-state index in [0.717, 1.165) is 11.4 Å². The molecule has 0 aliphatic carbocycles. The Balaban J connectivity index is 2.82. The van der Waals surface area contributed by atoms with Crippen LogP contribution in [0.2, 0.25) is 0 Å². The fourth-order valence-corrected chi connectivity index (χ4v) is 2.55. The van der Waals surface area contributed by atoms with E-state index in [2.05, 4.69) is 10.1 Å². The number of carbonyl (C=O) groups is 2. The van der Waals surface area contributed by atoms with Crippen molar-refractivity contribution in [2.75, 3.05) is 20.2 Å². The molecule has 0 aromatic rings. The molecule has 9 heteroatoms. The van der Waals surface area contributed by atoms with Gasteiger partial charge < -0.3 is 10.1 Å². The molecule has 0 spiro atoms. The van der Waals surface area contributed by atoms with Crippen molar-refractivity contribution in [2.45, 2.75) is 13.0 Å². The third-order valence-electron chi connectivity index (χ3n) is 2.15. The summed E-state index contributed by atoms with van der Waals surface area (Å²) >= 11 is 0. The molecule has 2 N–H and O–H groups in total. The summed E-state index contributed by atoms with van der Waals surface area (Å²) in [5.74, 6) is -0.401. The number of hydrogen-bond acceptors (Lipinski definition) is 5. The van der Waals surface area contributed by atoms with Crippen LogP contribution in [-0.2, 0) is 19.7 Å². The molecule has 1 unspecified atom stereocenters. The number of piperazine rings is 1. The van der Waals surface area contributed by atoms with Gasteiger partial charge in [-0.3, -0.25) is 4.79 Å². The number of methoxy groups -OCH3 is 1. The quantitative estimate of drug-likeness (QED) is 0.615. The molecular formula is C7H13N3O5S. The van der Waals surface area contributed by atoms with E-state index in [0.29, 0.717) is 0 Å². The van der Waals surface area contributed by atoms with Gasteiger partial charge in [0.25, 0.3) is 0 Å². The van der Waals surface area contributed by atoms with Crippen LogP contribution in [0, 0.1) is 0 Å². The number of nitrogens with one attached hydrogen (secondary N) is 2. The van der Waals surface area contributed by atoms with Crippen molar-refractivity contribution >= 4 is 22.2 Å². The molecule has 1 aliphatic heterocycles. The van der Waals surface area contributed by atoms with Gasteiger partial charge in [-0.15, -0.1) is 0 Å². The van der Waals surface area contributed by atoms with Crippen molar-refractivity contribution in [3.8, 4) is 0 Å². The number of ether oxygens (including phenoxy) is 1. The number of rotatable bonds is 2. The molecule has 8 nitrogen and oxygen atoms in total. The Labute approximate surface area is 93.1 Å². The average molecular weight is 251 g/mol. The standard InChI is InChI=1S/C7H13N3O5S/c1-5-6(11)8-3-4-10(5)16(13,14)9-7(12)15-2/h5H,3-4H2,1-2H3,(H,8,11)(H,9,12). The number of amides is 2. The summed E-state index contributed by atoms with van der Waals surface area (Å²) in [6.45, 7) is 1.76. The summed E-state index contributed by atoms with van der Waals surface area (Å²) in [5, 5.41) is 2.51.